The molecule has 0 radical (unpaired) electrons. The molecule has 0 bridgehead atoms. The van der Waals surface area contributed by atoms with E-state index in [4.69, 9.17) is 11.1 Å². The fourth-order valence-electron chi connectivity index (χ4n) is 2.20. The van der Waals surface area contributed by atoms with Gasteiger partial charge in [0.15, 0.2) is 0 Å². The summed E-state index contributed by atoms with van der Waals surface area (Å²) in [4.78, 5) is 12.8. The molecule has 6 heteroatoms. The number of hydrogen-bond donors (Lipinski definition) is 3. The quantitative estimate of drug-likeness (QED) is 0.494. The number of hydrogen-bond acceptors (Lipinski definition) is 4. The second-order valence-electron chi connectivity index (χ2n) is 5.24. The molecule has 3 rings (SSSR count). The number of amidine groups is 1. The molecule has 5 nitrogen and oxygen atoms in total. The molecule has 0 spiro atoms. The van der Waals surface area contributed by atoms with E-state index in [0.717, 1.165) is 16.8 Å². The summed E-state index contributed by atoms with van der Waals surface area (Å²) in [5.41, 5.74) is 8.83. The molecule has 3 aromatic rings. The molecular weight excluding hydrogens is 320 g/mol. The van der Waals surface area contributed by atoms with E-state index in [1.807, 2.05) is 42.5 Å². The topological polar surface area (TPSA) is 91.9 Å². The van der Waals surface area contributed by atoms with Crippen LogP contribution in [-0.4, -0.2) is 16.1 Å². The molecule has 0 aliphatic carbocycles. The Morgan fingerprint density at radius 1 is 1.12 bits per heavy atom. The predicted molar refractivity (Wildman–Crippen MR) is 96.2 cm³/mol. The van der Waals surface area contributed by atoms with Crippen molar-refractivity contribution in [3.63, 3.8) is 0 Å². The van der Waals surface area contributed by atoms with E-state index in [-0.39, 0.29) is 11.7 Å². The Hall–Kier alpha value is -2.99. The second kappa shape index (κ2) is 7.06. The number of carbonyl (C=O) groups is 1. The molecule has 120 valence electrons. The first kappa shape index (κ1) is 15.9. The monoisotopic (exact) mass is 336 g/mol. The van der Waals surface area contributed by atoms with Gasteiger partial charge in [-0.1, -0.05) is 54.6 Å². The number of carbonyl (C=O) groups excluding carboxylic acids is 1. The van der Waals surface area contributed by atoms with Gasteiger partial charge in [0.1, 0.15) is 10.7 Å². The first-order chi connectivity index (χ1) is 11.6. The molecule has 0 unspecified atom stereocenters. The fourth-order valence-corrected chi connectivity index (χ4v) is 2.87. The minimum absolute atomic E-state index is 0.0312. The third-order valence-corrected chi connectivity index (χ3v) is 4.31. The first-order valence-electron chi connectivity index (χ1n) is 7.37. The van der Waals surface area contributed by atoms with Crippen molar-refractivity contribution in [1.82, 2.24) is 9.69 Å². The number of amides is 1. The van der Waals surface area contributed by atoms with Crippen LogP contribution in [0.4, 0.5) is 0 Å². The Balaban J connectivity index is 1.63. The summed E-state index contributed by atoms with van der Waals surface area (Å²) in [5, 5.41) is 10.2. The molecule has 2 aromatic carbocycles. The zero-order valence-corrected chi connectivity index (χ0v) is 13.6. The average molecular weight is 336 g/mol. The average Bonchev–Trinajstić information content (AvgIpc) is 3.11. The van der Waals surface area contributed by atoms with Gasteiger partial charge in [0, 0.05) is 17.7 Å². The number of nitrogen functional groups attached to an aromatic ring is 1. The number of rotatable bonds is 5. The van der Waals surface area contributed by atoms with Gasteiger partial charge in [-0.25, -0.2) is 0 Å². The van der Waals surface area contributed by atoms with Crippen molar-refractivity contribution >= 4 is 23.3 Å². The van der Waals surface area contributed by atoms with Gasteiger partial charge < -0.3 is 11.1 Å². The van der Waals surface area contributed by atoms with Gasteiger partial charge in [0.2, 0.25) is 0 Å². The molecular formula is C18H16N4OS. The third kappa shape index (κ3) is 3.67. The van der Waals surface area contributed by atoms with E-state index in [1.165, 1.54) is 11.5 Å². The molecule has 0 aliphatic heterocycles. The Bertz CT molecular complexity index is 856. The molecule has 0 fully saturated rings. The Labute approximate surface area is 143 Å². The predicted octanol–water partition coefficient (Wildman–Crippen LogP) is 3.02. The van der Waals surface area contributed by atoms with Crippen molar-refractivity contribution in [2.24, 2.45) is 5.73 Å². The molecule has 0 saturated heterocycles. The second-order valence-corrected chi connectivity index (χ2v) is 6.04. The third-order valence-electron chi connectivity index (χ3n) is 3.52. The highest BCUT2D eigenvalue weighted by Gasteiger charge is 2.11. The molecule has 0 aliphatic rings. The van der Waals surface area contributed by atoms with Crippen LogP contribution in [0.25, 0.3) is 11.3 Å². The highest BCUT2D eigenvalue weighted by atomic mass is 32.1. The van der Waals surface area contributed by atoms with Gasteiger partial charge in [-0.05, 0) is 23.2 Å². The largest absolute Gasteiger partial charge is 0.384 e. The van der Waals surface area contributed by atoms with Crippen LogP contribution >= 0.6 is 11.5 Å². The van der Waals surface area contributed by atoms with E-state index in [0.29, 0.717) is 17.0 Å². The van der Waals surface area contributed by atoms with Crippen LogP contribution in [0, 0.1) is 5.41 Å². The summed E-state index contributed by atoms with van der Waals surface area (Å²) in [6, 6.07) is 18.8. The zero-order valence-electron chi connectivity index (χ0n) is 12.8. The number of nitrogens with two attached hydrogens (primary N) is 1. The molecule has 0 atom stereocenters. The number of benzene rings is 2. The van der Waals surface area contributed by atoms with Crippen LogP contribution in [0.2, 0.25) is 0 Å². The molecule has 0 saturated carbocycles. The first-order valence-corrected chi connectivity index (χ1v) is 8.14. The van der Waals surface area contributed by atoms with Crippen LogP contribution in [0.1, 0.15) is 20.8 Å². The van der Waals surface area contributed by atoms with Gasteiger partial charge in [0.05, 0.1) is 5.69 Å². The lowest BCUT2D eigenvalue weighted by Crippen LogP contribution is -2.21. The van der Waals surface area contributed by atoms with E-state index in [1.54, 1.807) is 18.2 Å². The number of nitrogens with one attached hydrogen (secondary N) is 2. The molecule has 24 heavy (non-hydrogen) atoms. The van der Waals surface area contributed by atoms with Crippen molar-refractivity contribution in [3.8, 4) is 11.3 Å². The lowest BCUT2D eigenvalue weighted by molar-refractivity contribution is 0.0955. The van der Waals surface area contributed by atoms with Gasteiger partial charge in [-0.2, -0.15) is 4.37 Å². The van der Waals surface area contributed by atoms with E-state index >= 15 is 0 Å². The maximum absolute atomic E-state index is 12.2. The van der Waals surface area contributed by atoms with Crippen molar-refractivity contribution in [3.05, 3.63) is 76.7 Å². The summed E-state index contributed by atoms with van der Waals surface area (Å²) < 4.78 is 4.34. The summed E-state index contributed by atoms with van der Waals surface area (Å²) in [7, 11) is 0. The van der Waals surface area contributed by atoms with Crippen molar-refractivity contribution in [1.29, 1.82) is 5.41 Å². The zero-order chi connectivity index (χ0) is 16.9. The molecule has 4 N–H and O–H groups in total. The lowest BCUT2D eigenvalue weighted by atomic mass is 10.1. The van der Waals surface area contributed by atoms with Crippen LogP contribution < -0.4 is 11.1 Å². The standard InChI is InChI=1S/C18H16N4OS/c19-17(20)14-8-6-12(7-9-14)11-21-18(23)16-10-15(22-24-16)13-4-2-1-3-5-13/h1-10H,11H2,(H3,19,20)(H,21,23). The van der Waals surface area contributed by atoms with Crippen molar-refractivity contribution < 1.29 is 4.79 Å². The van der Waals surface area contributed by atoms with Crippen molar-refractivity contribution in [2.45, 2.75) is 6.54 Å². The van der Waals surface area contributed by atoms with Crippen LogP contribution in [0.15, 0.2) is 60.7 Å². The maximum atomic E-state index is 12.2. The summed E-state index contributed by atoms with van der Waals surface area (Å²) in [6.07, 6.45) is 0. The minimum atomic E-state index is -0.148. The van der Waals surface area contributed by atoms with E-state index < -0.39 is 0 Å². The SMILES string of the molecule is N=C(N)c1ccc(CNC(=O)c2cc(-c3ccccc3)ns2)cc1. The molecule has 1 aromatic heterocycles. The normalized spacial score (nSPS) is 10.3. The Morgan fingerprint density at radius 2 is 1.83 bits per heavy atom. The maximum Gasteiger partial charge on any atom is 0.263 e. The van der Waals surface area contributed by atoms with Gasteiger partial charge in [-0.3, -0.25) is 10.2 Å². The van der Waals surface area contributed by atoms with Gasteiger partial charge in [-0.15, -0.1) is 0 Å². The molecule has 1 heterocycles. The fraction of sp³-hybridized carbons (Fsp3) is 0.0556. The van der Waals surface area contributed by atoms with Crippen LogP contribution in [0.5, 0.6) is 0 Å². The van der Waals surface area contributed by atoms with Crippen LogP contribution in [-0.2, 0) is 6.54 Å². The summed E-state index contributed by atoms with van der Waals surface area (Å²) in [5.74, 6) is -0.117. The summed E-state index contributed by atoms with van der Waals surface area (Å²) in [6.45, 7) is 0.412. The van der Waals surface area contributed by atoms with Crippen LogP contribution in [0.3, 0.4) is 0 Å². The number of nitrogens with zero attached hydrogens (tertiary/aromatic N) is 1. The summed E-state index contributed by atoms with van der Waals surface area (Å²) >= 11 is 1.19. The molecule has 1 amide bonds. The van der Waals surface area contributed by atoms with E-state index in [9.17, 15) is 4.79 Å². The van der Waals surface area contributed by atoms with Gasteiger partial charge in [0.25, 0.3) is 5.91 Å². The Kier molecular flexibility index (Phi) is 4.67. The highest BCUT2D eigenvalue weighted by Crippen LogP contribution is 2.21. The van der Waals surface area contributed by atoms with Crippen molar-refractivity contribution in [2.75, 3.05) is 0 Å². The van der Waals surface area contributed by atoms with E-state index in [2.05, 4.69) is 9.69 Å². The smallest absolute Gasteiger partial charge is 0.263 e. The van der Waals surface area contributed by atoms with Gasteiger partial charge >= 0.3 is 0 Å². The lowest BCUT2D eigenvalue weighted by Gasteiger charge is -2.04. The highest BCUT2D eigenvalue weighted by molar-refractivity contribution is 7.08. The number of aromatic nitrogens is 1. The minimum Gasteiger partial charge on any atom is -0.384 e. The Morgan fingerprint density at radius 3 is 2.50 bits per heavy atom.